The highest BCUT2D eigenvalue weighted by Crippen LogP contribution is 2.24. The number of carbonyl (C=O) groups is 2. The van der Waals surface area contributed by atoms with Gasteiger partial charge in [-0.05, 0) is 29.2 Å². The Bertz CT molecular complexity index is 673. The van der Waals surface area contributed by atoms with Crippen LogP contribution in [-0.2, 0) is 0 Å². The lowest BCUT2D eigenvalue weighted by Crippen LogP contribution is -2.31. The number of rotatable bonds is 5. The molecule has 2 rings (SSSR count). The number of fused-ring (bicyclic) bond motifs is 1. The van der Waals surface area contributed by atoms with Gasteiger partial charge < -0.3 is 15.7 Å². The molecule has 3 N–H and O–H groups in total. The van der Waals surface area contributed by atoms with Crippen molar-refractivity contribution >= 4 is 40.2 Å². The average molecular weight is 304 g/mol. The molecule has 2 aromatic rings. The topological polar surface area (TPSA) is 78.4 Å². The summed E-state index contributed by atoms with van der Waals surface area (Å²) in [6, 6.07) is 10.3. The zero-order valence-electron chi connectivity index (χ0n) is 11.6. The van der Waals surface area contributed by atoms with Crippen LogP contribution in [0.15, 0.2) is 36.4 Å². The molecule has 0 aromatic heterocycles. The fourth-order valence-electron chi connectivity index (χ4n) is 1.95. The molecule has 0 saturated heterocycles. The Labute approximate surface area is 126 Å². The van der Waals surface area contributed by atoms with E-state index in [1.165, 1.54) is 0 Å². The van der Waals surface area contributed by atoms with Crippen molar-refractivity contribution in [3.63, 3.8) is 0 Å². The van der Waals surface area contributed by atoms with Crippen molar-refractivity contribution in [1.82, 2.24) is 5.32 Å². The summed E-state index contributed by atoms with van der Waals surface area (Å²) in [6.45, 7) is 0.531. The number of amides is 2. The van der Waals surface area contributed by atoms with Crippen LogP contribution in [0.4, 0.5) is 10.5 Å². The number of anilines is 1. The van der Waals surface area contributed by atoms with Gasteiger partial charge in [0.1, 0.15) is 0 Å². The standard InChI is InChI=1S/C15H16N2O3S/c1-21-7-6-16-15(20)17-13-9-11-5-3-2-4-10(11)8-12(13)14(18)19/h2-5,8-9H,6-7H2,1H3,(H,18,19)(H2,16,17,20). The largest absolute Gasteiger partial charge is 0.478 e. The lowest BCUT2D eigenvalue weighted by Gasteiger charge is -2.11. The van der Waals surface area contributed by atoms with Crippen molar-refractivity contribution in [2.75, 3.05) is 23.9 Å². The van der Waals surface area contributed by atoms with Gasteiger partial charge in [0, 0.05) is 12.3 Å². The van der Waals surface area contributed by atoms with Crippen molar-refractivity contribution in [1.29, 1.82) is 0 Å². The average Bonchev–Trinajstić information content (AvgIpc) is 2.46. The lowest BCUT2D eigenvalue weighted by atomic mass is 10.0. The molecular weight excluding hydrogens is 288 g/mol. The molecule has 0 fully saturated rings. The van der Waals surface area contributed by atoms with E-state index in [1.807, 2.05) is 30.5 Å². The van der Waals surface area contributed by atoms with Gasteiger partial charge in [0.05, 0.1) is 11.3 Å². The number of benzene rings is 2. The molecule has 0 radical (unpaired) electrons. The first kappa shape index (κ1) is 15.2. The van der Waals surface area contributed by atoms with E-state index < -0.39 is 12.0 Å². The van der Waals surface area contributed by atoms with Gasteiger partial charge in [-0.25, -0.2) is 9.59 Å². The zero-order valence-corrected chi connectivity index (χ0v) is 12.4. The molecular formula is C15H16N2O3S. The third kappa shape index (κ3) is 3.88. The predicted octanol–water partition coefficient (Wildman–Crippen LogP) is 3.02. The minimum Gasteiger partial charge on any atom is -0.478 e. The maximum atomic E-state index is 11.8. The summed E-state index contributed by atoms with van der Waals surface area (Å²) < 4.78 is 0. The van der Waals surface area contributed by atoms with Crippen LogP contribution in [0.2, 0.25) is 0 Å². The second-order valence-electron chi connectivity index (χ2n) is 4.42. The number of urea groups is 1. The molecule has 2 amide bonds. The number of hydrogen-bond donors (Lipinski definition) is 3. The van der Waals surface area contributed by atoms with Gasteiger partial charge in [0.15, 0.2) is 0 Å². The van der Waals surface area contributed by atoms with Crippen molar-refractivity contribution in [3.8, 4) is 0 Å². The maximum absolute atomic E-state index is 11.8. The molecule has 0 aliphatic heterocycles. The first-order valence-electron chi connectivity index (χ1n) is 6.41. The monoisotopic (exact) mass is 304 g/mol. The molecule has 110 valence electrons. The van der Waals surface area contributed by atoms with Crippen LogP contribution in [0.5, 0.6) is 0 Å². The molecule has 0 saturated carbocycles. The van der Waals surface area contributed by atoms with Crippen LogP contribution in [-0.4, -0.2) is 35.7 Å². The third-order valence-electron chi connectivity index (χ3n) is 2.96. The molecule has 0 aliphatic rings. The second-order valence-corrected chi connectivity index (χ2v) is 5.41. The Morgan fingerprint density at radius 1 is 1.19 bits per heavy atom. The fraction of sp³-hybridized carbons (Fsp3) is 0.200. The molecule has 0 aliphatic carbocycles. The predicted molar refractivity (Wildman–Crippen MR) is 86.3 cm³/mol. The first-order chi connectivity index (χ1) is 10.1. The maximum Gasteiger partial charge on any atom is 0.337 e. The number of carbonyl (C=O) groups excluding carboxylic acids is 1. The van der Waals surface area contributed by atoms with Gasteiger partial charge in [0.2, 0.25) is 0 Å². The quantitative estimate of drug-likeness (QED) is 0.742. The van der Waals surface area contributed by atoms with Gasteiger partial charge in [-0.1, -0.05) is 24.3 Å². The van der Waals surface area contributed by atoms with Gasteiger partial charge in [-0.15, -0.1) is 0 Å². The summed E-state index contributed by atoms with van der Waals surface area (Å²) in [4.78, 5) is 23.1. The second kappa shape index (κ2) is 6.99. The van der Waals surface area contributed by atoms with E-state index in [0.717, 1.165) is 16.5 Å². The Morgan fingerprint density at radius 3 is 2.48 bits per heavy atom. The molecule has 0 heterocycles. The summed E-state index contributed by atoms with van der Waals surface area (Å²) in [6.07, 6.45) is 1.95. The first-order valence-corrected chi connectivity index (χ1v) is 7.81. The summed E-state index contributed by atoms with van der Waals surface area (Å²) in [5.74, 6) is -0.267. The van der Waals surface area contributed by atoms with E-state index in [9.17, 15) is 14.7 Å². The van der Waals surface area contributed by atoms with E-state index in [1.54, 1.807) is 23.9 Å². The van der Waals surface area contributed by atoms with E-state index in [0.29, 0.717) is 12.2 Å². The van der Waals surface area contributed by atoms with Crippen LogP contribution in [0, 0.1) is 0 Å². The van der Waals surface area contributed by atoms with Crippen LogP contribution in [0.3, 0.4) is 0 Å². The fourth-order valence-corrected chi connectivity index (χ4v) is 2.26. The third-order valence-corrected chi connectivity index (χ3v) is 3.57. The number of nitrogens with one attached hydrogen (secondary N) is 2. The smallest absolute Gasteiger partial charge is 0.337 e. The van der Waals surface area contributed by atoms with Crippen LogP contribution in [0.25, 0.3) is 10.8 Å². The zero-order chi connectivity index (χ0) is 15.2. The number of thioether (sulfide) groups is 1. The number of hydrogen-bond acceptors (Lipinski definition) is 3. The highest BCUT2D eigenvalue weighted by Gasteiger charge is 2.13. The lowest BCUT2D eigenvalue weighted by molar-refractivity contribution is 0.0698. The molecule has 0 unspecified atom stereocenters. The highest BCUT2D eigenvalue weighted by molar-refractivity contribution is 7.98. The SMILES string of the molecule is CSCCNC(=O)Nc1cc2ccccc2cc1C(=O)O. The van der Waals surface area contributed by atoms with Gasteiger partial charge in [-0.2, -0.15) is 11.8 Å². The number of carboxylic acid groups (broad SMARTS) is 1. The van der Waals surface area contributed by atoms with Crippen LogP contribution >= 0.6 is 11.8 Å². The van der Waals surface area contributed by atoms with Gasteiger partial charge in [0.25, 0.3) is 0 Å². The van der Waals surface area contributed by atoms with Crippen molar-refractivity contribution < 1.29 is 14.7 Å². The Kier molecular flexibility index (Phi) is 5.05. The number of aromatic carboxylic acids is 1. The highest BCUT2D eigenvalue weighted by atomic mass is 32.2. The van der Waals surface area contributed by atoms with Crippen molar-refractivity contribution in [2.24, 2.45) is 0 Å². The van der Waals surface area contributed by atoms with Gasteiger partial charge in [-0.3, -0.25) is 0 Å². The van der Waals surface area contributed by atoms with E-state index >= 15 is 0 Å². The minimum atomic E-state index is -1.07. The van der Waals surface area contributed by atoms with E-state index in [-0.39, 0.29) is 5.56 Å². The Morgan fingerprint density at radius 2 is 1.86 bits per heavy atom. The summed E-state index contributed by atoms with van der Waals surface area (Å²) in [5, 5.41) is 16.3. The molecule has 0 spiro atoms. The van der Waals surface area contributed by atoms with E-state index in [4.69, 9.17) is 0 Å². The molecule has 0 atom stereocenters. The summed E-state index contributed by atoms with van der Waals surface area (Å²) >= 11 is 1.62. The van der Waals surface area contributed by atoms with Gasteiger partial charge >= 0.3 is 12.0 Å². The molecule has 6 heteroatoms. The van der Waals surface area contributed by atoms with Crippen LogP contribution in [0.1, 0.15) is 10.4 Å². The summed E-state index contributed by atoms with van der Waals surface area (Å²) in [7, 11) is 0. The summed E-state index contributed by atoms with van der Waals surface area (Å²) in [5.41, 5.74) is 0.372. The molecule has 5 nitrogen and oxygen atoms in total. The number of carboxylic acids is 1. The van der Waals surface area contributed by atoms with Crippen LogP contribution < -0.4 is 10.6 Å². The molecule has 2 aromatic carbocycles. The Hall–Kier alpha value is -2.21. The minimum absolute atomic E-state index is 0.0775. The van der Waals surface area contributed by atoms with Crippen molar-refractivity contribution in [3.05, 3.63) is 42.0 Å². The van der Waals surface area contributed by atoms with Crippen molar-refractivity contribution in [2.45, 2.75) is 0 Å². The molecule has 21 heavy (non-hydrogen) atoms. The van der Waals surface area contributed by atoms with E-state index in [2.05, 4.69) is 10.6 Å². The Balaban J connectivity index is 2.26. The normalized spacial score (nSPS) is 10.3. The molecule has 0 bridgehead atoms.